The third-order valence-corrected chi connectivity index (χ3v) is 6.47. The van der Waals surface area contributed by atoms with Crippen molar-refractivity contribution in [1.82, 2.24) is 10.2 Å². The molecule has 0 spiro atoms. The molecule has 0 atom stereocenters. The van der Waals surface area contributed by atoms with Gasteiger partial charge in [-0.25, -0.2) is 14.1 Å². The summed E-state index contributed by atoms with van der Waals surface area (Å²) in [7, 11) is 1.56. The van der Waals surface area contributed by atoms with Crippen molar-refractivity contribution < 1.29 is 23.5 Å². The first kappa shape index (κ1) is 25.9. The lowest BCUT2D eigenvalue weighted by Crippen LogP contribution is -2.45. The van der Waals surface area contributed by atoms with Gasteiger partial charge in [0.1, 0.15) is 23.8 Å². The highest BCUT2D eigenvalue weighted by atomic mass is 19.1. The number of carbonyl (C=O) groups excluding carboxylic acids is 3. The number of nitrogens with one attached hydrogen (secondary N) is 2. The molecule has 9 heteroatoms. The van der Waals surface area contributed by atoms with E-state index in [-0.39, 0.29) is 11.2 Å². The Balaban J connectivity index is 1.60. The third kappa shape index (κ3) is 5.21. The lowest BCUT2D eigenvalue weighted by molar-refractivity contribution is -0.127. The fraction of sp³-hybridized carbons (Fsp3) is 0.321. The van der Waals surface area contributed by atoms with E-state index in [0.29, 0.717) is 17.0 Å². The van der Waals surface area contributed by atoms with Gasteiger partial charge in [-0.1, -0.05) is 13.0 Å². The predicted octanol–water partition coefficient (Wildman–Crippen LogP) is 4.78. The number of hydrogen-bond acceptors (Lipinski definition) is 5. The second-order valence-electron chi connectivity index (χ2n) is 9.68. The van der Waals surface area contributed by atoms with Crippen LogP contribution in [0.3, 0.4) is 0 Å². The van der Waals surface area contributed by atoms with Crippen molar-refractivity contribution in [3.63, 3.8) is 0 Å². The summed E-state index contributed by atoms with van der Waals surface area (Å²) < 4.78 is 18.8. The van der Waals surface area contributed by atoms with Crippen molar-refractivity contribution in [2.24, 2.45) is 0 Å². The third-order valence-electron chi connectivity index (χ3n) is 6.47. The van der Waals surface area contributed by atoms with Crippen molar-refractivity contribution in [3.8, 4) is 5.75 Å². The lowest BCUT2D eigenvalue weighted by Gasteiger charge is -2.43. The molecule has 0 radical (unpaired) electrons. The van der Waals surface area contributed by atoms with Crippen molar-refractivity contribution in [2.45, 2.75) is 39.7 Å². The van der Waals surface area contributed by atoms with Crippen LogP contribution in [0.15, 0.2) is 48.2 Å². The number of fused-ring (bicyclic) bond motifs is 1. The first-order valence-electron chi connectivity index (χ1n) is 12.1. The molecule has 0 aliphatic carbocycles. The van der Waals surface area contributed by atoms with Crippen LogP contribution in [0, 0.1) is 5.82 Å². The molecule has 194 valence electrons. The highest BCUT2D eigenvalue weighted by Gasteiger charge is 2.36. The summed E-state index contributed by atoms with van der Waals surface area (Å²) in [5.74, 6) is -1.08. The lowest BCUT2D eigenvalue weighted by atomic mass is 9.87. The summed E-state index contributed by atoms with van der Waals surface area (Å²) >= 11 is 0. The van der Waals surface area contributed by atoms with Crippen molar-refractivity contribution in [3.05, 3.63) is 65.1 Å². The summed E-state index contributed by atoms with van der Waals surface area (Å²) in [6, 6.07) is 8.41. The Morgan fingerprint density at radius 3 is 2.54 bits per heavy atom. The molecular formula is C28H31FN4O4. The van der Waals surface area contributed by atoms with Crippen LogP contribution in [0.2, 0.25) is 0 Å². The summed E-state index contributed by atoms with van der Waals surface area (Å²) in [5, 5.41) is 5.10. The smallest absolute Gasteiger partial charge is 0.329 e. The Morgan fingerprint density at radius 2 is 1.89 bits per heavy atom. The standard InChI is InChI=1S/C28H31FN4O4/c1-6-11-33-23-14-24(37-5)18(12-21(23)17(2)15-28(33,3)4)13-22-26(35)32(27(36)31-22)16-25(34)30-20-9-7-19(29)8-10-20/h7-10,12-15H,6,11,16H2,1-5H3,(H,30,34)(H,31,36)/b22-13+. The molecule has 2 aliphatic heterocycles. The number of imide groups is 1. The summed E-state index contributed by atoms with van der Waals surface area (Å²) in [5.41, 5.74) is 4.04. The molecule has 2 heterocycles. The van der Waals surface area contributed by atoms with E-state index in [1.807, 2.05) is 12.1 Å². The van der Waals surface area contributed by atoms with Crippen LogP contribution < -0.4 is 20.3 Å². The minimum absolute atomic E-state index is 0.0426. The molecule has 37 heavy (non-hydrogen) atoms. The Bertz CT molecular complexity index is 1310. The van der Waals surface area contributed by atoms with E-state index in [4.69, 9.17) is 4.74 Å². The molecule has 1 saturated heterocycles. The molecule has 1 fully saturated rings. The first-order chi connectivity index (χ1) is 17.5. The number of anilines is 2. The Morgan fingerprint density at radius 1 is 1.19 bits per heavy atom. The maximum Gasteiger partial charge on any atom is 0.329 e. The fourth-order valence-electron chi connectivity index (χ4n) is 4.79. The molecular weight excluding hydrogens is 475 g/mol. The number of ether oxygens (including phenoxy) is 1. The summed E-state index contributed by atoms with van der Waals surface area (Å²) in [6.45, 7) is 8.92. The second kappa shape index (κ2) is 10.1. The van der Waals surface area contributed by atoms with Gasteiger partial charge >= 0.3 is 6.03 Å². The highest BCUT2D eigenvalue weighted by Crippen LogP contribution is 2.42. The van der Waals surface area contributed by atoms with Gasteiger partial charge in [-0.15, -0.1) is 0 Å². The topological polar surface area (TPSA) is 91.0 Å². The number of halogens is 1. The maximum atomic E-state index is 13.1. The van der Waals surface area contributed by atoms with Crippen LogP contribution in [-0.4, -0.2) is 48.5 Å². The molecule has 8 nitrogen and oxygen atoms in total. The van der Waals surface area contributed by atoms with Gasteiger partial charge in [0.25, 0.3) is 5.91 Å². The molecule has 0 saturated carbocycles. The number of nitrogens with zero attached hydrogens (tertiary/aromatic N) is 2. The predicted molar refractivity (Wildman–Crippen MR) is 142 cm³/mol. The van der Waals surface area contributed by atoms with Gasteiger partial charge in [-0.2, -0.15) is 0 Å². The zero-order valence-corrected chi connectivity index (χ0v) is 21.6. The SMILES string of the molecule is CCCN1c2cc(OC)c(/C=C3/NC(=O)N(CC(=O)Nc4ccc(F)cc4)C3=O)cc2C(C)=CC1(C)C. The van der Waals surface area contributed by atoms with Gasteiger partial charge in [0.2, 0.25) is 5.91 Å². The van der Waals surface area contributed by atoms with Crippen LogP contribution in [0.25, 0.3) is 11.6 Å². The largest absolute Gasteiger partial charge is 0.496 e. The maximum absolute atomic E-state index is 13.1. The van der Waals surface area contributed by atoms with E-state index in [0.717, 1.165) is 34.7 Å². The zero-order chi connectivity index (χ0) is 26.9. The molecule has 2 aliphatic rings. The number of methoxy groups -OCH3 is 1. The Hall–Kier alpha value is -4.14. The number of amides is 4. The average Bonchev–Trinajstić information content (AvgIpc) is 3.10. The second-order valence-corrected chi connectivity index (χ2v) is 9.68. The number of allylic oxidation sites excluding steroid dienone is 1. The van der Waals surface area contributed by atoms with E-state index < -0.39 is 30.2 Å². The minimum Gasteiger partial charge on any atom is -0.496 e. The fourth-order valence-corrected chi connectivity index (χ4v) is 4.79. The average molecular weight is 507 g/mol. The van der Waals surface area contributed by atoms with Crippen molar-refractivity contribution >= 4 is 40.9 Å². The molecule has 4 amide bonds. The van der Waals surface area contributed by atoms with Crippen LogP contribution in [-0.2, 0) is 9.59 Å². The molecule has 2 aromatic carbocycles. The van der Waals surface area contributed by atoms with Crippen molar-refractivity contribution in [1.29, 1.82) is 0 Å². The molecule has 0 unspecified atom stereocenters. The van der Waals surface area contributed by atoms with E-state index in [9.17, 15) is 18.8 Å². The number of hydrogen-bond donors (Lipinski definition) is 2. The van der Waals surface area contributed by atoms with E-state index in [1.165, 1.54) is 24.3 Å². The van der Waals surface area contributed by atoms with Crippen molar-refractivity contribution in [2.75, 3.05) is 30.4 Å². The number of urea groups is 1. The molecule has 2 N–H and O–H groups in total. The first-order valence-corrected chi connectivity index (χ1v) is 12.1. The number of rotatable bonds is 7. The highest BCUT2D eigenvalue weighted by molar-refractivity contribution is 6.16. The van der Waals surface area contributed by atoms with Crippen LogP contribution in [0.4, 0.5) is 20.6 Å². The summed E-state index contributed by atoms with van der Waals surface area (Å²) in [4.78, 5) is 41.1. The van der Waals surface area contributed by atoms with E-state index >= 15 is 0 Å². The summed E-state index contributed by atoms with van der Waals surface area (Å²) in [6.07, 6.45) is 4.77. The monoisotopic (exact) mass is 506 g/mol. The van der Waals surface area contributed by atoms with Gasteiger partial charge in [0.05, 0.1) is 12.6 Å². The number of carbonyl (C=O) groups is 3. The van der Waals surface area contributed by atoms with Gasteiger partial charge in [0.15, 0.2) is 0 Å². The van der Waals surface area contributed by atoms with E-state index in [1.54, 1.807) is 13.2 Å². The molecule has 0 bridgehead atoms. The quantitative estimate of drug-likeness (QED) is 0.417. The molecule has 4 rings (SSSR count). The number of benzene rings is 2. The van der Waals surface area contributed by atoms with Crippen LogP contribution in [0.1, 0.15) is 45.2 Å². The molecule has 2 aromatic rings. The van der Waals surface area contributed by atoms with E-state index in [2.05, 4.69) is 49.3 Å². The minimum atomic E-state index is -0.700. The Kier molecular flexibility index (Phi) is 7.07. The van der Waals surface area contributed by atoms with Crippen LogP contribution >= 0.6 is 0 Å². The zero-order valence-electron chi connectivity index (χ0n) is 21.6. The van der Waals surface area contributed by atoms with Gasteiger partial charge in [-0.05, 0) is 69.2 Å². The van der Waals surface area contributed by atoms with Gasteiger partial charge < -0.3 is 20.3 Å². The van der Waals surface area contributed by atoms with Gasteiger partial charge in [0, 0.05) is 35.1 Å². The normalized spacial score (nSPS) is 17.5. The Labute approximate surface area is 215 Å². The van der Waals surface area contributed by atoms with Crippen LogP contribution in [0.5, 0.6) is 5.75 Å². The van der Waals surface area contributed by atoms with Gasteiger partial charge in [-0.3, -0.25) is 9.59 Å². The molecule has 0 aromatic heterocycles.